The first-order valence-corrected chi connectivity index (χ1v) is 9.18. The Morgan fingerprint density at radius 1 is 1.27 bits per heavy atom. The van der Waals surface area contributed by atoms with Crippen LogP contribution in [-0.4, -0.2) is 14.9 Å². The number of nitro groups is 1. The molecule has 0 bridgehead atoms. The molecule has 3 rings (SSSR count). The number of hydrogen-bond acceptors (Lipinski definition) is 4. The lowest BCUT2D eigenvalue weighted by Crippen LogP contribution is -2.17. The van der Waals surface area contributed by atoms with Crippen LogP contribution in [0.3, 0.4) is 0 Å². The molecule has 0 radical (unpaired) electrons. The van der Waals surface area contributed by atoms with E-state index in [1.54, 1.807) is 18.3 Å². The molecule has 0 amide bonds. The fraction of sp³-hybridized carbons (Fsp3) is 0.450. The lowest BCUT2D eigenvalue weighted by Gasteiger charge is -2.28. The van der Waals surface area contributed by atoms with Crippen molar-refractivity contribution in [3.63, 3.8) is 0 Å². The molecule has 6 heteroatoms. The molecule has 4 atom stereocenters. The lowest BCUT2D eigenvalue weighted by molar-refractivity contribution is -0.384. The highest BCUT2D eigenvalue weighted by Crippen LogP contribution is 2.43. The summed E-state index contributed by atoms with van der Waals surface area (Å²) < 4.78 is 0. The molecule has 1 heterocycles. The number of benzene rings is 1. The Kier molecular flexibility index (Phi) is 6.55. The van der Waals surface area contributed by atoms with E-state index in [4.69, 9.17) is 5.73 Å². The van der Waals surface area contributed by atoms with Gasteiger partial charge in [0.15, 0.2) is 5.95 Å². The maximum atomic E-state index is 10.9. The van der Waals surface area contributed by atoms with Gasteiger partial charge < -0.3 is 10.7 Å². The van der Waals surface area contributed by atoms with Crippen molar-refractivity contribution < 1.29 is 4.92 Å². The van der Waals surface area contributed by atoms with Crippen molar-refractivity contribution in [3.8, 4) is 0 Å². The molecule has 0 fully saturated rings. The van der Waals surface area contributed by atoms with Gasteiger partial charge in [0.05, 0.1) is 11.1 Å². The molecule has 6 nitrogen and oxygen atoms in total. The maximum absolute atomic E-state index is 10.9. The van der Waals surface area contributed by atoms with Gasteiger partial charge in [0.2, 0.25) is 0 Å². The monoisotopic (exact) mass is 356 g/mol. The van der Waals surface area contributed by atoms with Crippen molar-refractivity contribution in [3.05, 3.63) is 64.0 Å². The van der Waals surface area contributed by atoms with Crippen LogP contribution < -0.4 is 5.73 Å². The fourth-order valence-electron chi connectivity index (χ4n) is 3.68. The Morgan fingerprint density at radius 3 is 2.38 bits per heavy atom. The van der Waals surface area contributed by atoms with Crippen molar-refractivity contribution in [2.75, 3.05) is 5.73 Å². The van der Waals surface area contributed by atoms with Crippen LogP contribution in [0.2, 0.25) is 0 Å². The first kappa shape index (κ1) is 19.7. The summed E-state index contributed by atoms with van der Waals surface area (Å²) in [4.78, 5) is 17.8. The molecule has 1 aliphatic carbocycles. The molecule has 1 aromatic heterocycles. The number of rotatable bonds is 5. The number of aromatic nitrogens is 2. The van der Waals surface area contributed by atoms with Crippen LogP contribution in [0.15, 0.2) is 42.6 Å². The minimum Gasteiger partial charge on any atom is -0.369 e. The third-order valence-electron chi connectivity index (χ3n) is 4.93. The first-order valence-electron chi connectivity index (χ1n) is 9.18. The predicted octanol–water partition coefficient (Wildman–Crippen LogP) is 5.03. The predicted molar refractivity (Wildman–Crippen MR) is 105 cm³/mol. The highest BCUT2D eigenvalue weighted by molar-refractivity contribution is 5.36. The van der Waals surface area contributed by atoms with Gasteiger partial charge in [-0.15, -0.1) is 0 Å². The third-order valence-corrected chi connectivity index (χ3v) is 4.93. The second kappa shape index (κ2) is 8.65. The normalized spacial score (nSPS) is 20.9. The summed E-state index contributed by atoms with van der Waals surface area (Å²) in [7, 11) is 0. The number of nitrogen functional groups attached to an aromatic ring is 1. The van der Waals surface area contributed by atoms with Gasteiger partial charge in [-0.05, 0) is 29.7 Å². The molecule has 0 saturated heterocycles. The zero-order chi connectivity index (χ0) is 19.3. The van der Waals surface area contributed by atoms with E-state index in [0.29, 0.717) is 17.8 Å². The van der Waals surface area contributed by atoms with Gasteiger partial charge in [0.25, 0.3) is 5.69 Å². The van der Waals surface area contributed by atoms with Gasteiger partial charge in [-0.2, -0.15) is 0 Å². The molecule has 4 unspecified atom stereocenters. The maximum Gasteiger partial charge on any atom is 0.269 e. The summed E-state index contributed by atoms with van der Waals surface area (Å²) in [5.74, 6) is 1.76. The summed E-state index contributed by atoms with van der Waals surface area (Å²) in [5.41, 5.74) is 7.98. The van der Waals surface area contributed by atoms with Gasteiger partial charge in [-0.25, -0.2) is 4.98 Å². The summed E-state index contributed by atoms with van der Waals surface area (Å²) in [6, 6.07) is 6.82. The van der Waals surface area contributed by atoms with Crippen LogP contribution in [0.25, 0.3) is 0 Å². The topological polar surface area (TPSA) is 97.8 Å². The number of nitrogens with one attached hydrogen (secondary N) is 1. The largest absolute Gasteiger partial charge is 0.369 e. The number of nitrogens with zero attached hydrogens (tertiary/aromatic N) is 2. The minimum absolute atomic E-state index is 0.114. The molecule has 2 aromatic rings. The molecule has 140 valence electrons. The lowest BCUT2D eigenvalue weighted by atomic mass is 9.76. The molecule has 3 N–H and O–H groups in total. The number of aromatic amines is 1. The molecular weight excluding hydrogens is 328 g/mol. The van der Waals surface area contributed by atoms with Crippen LogP contribution in [0.5, 0.6) is 0 Å². The Hall–Kier alpha value is -2.63. The van der Waals surface area contributed by atoms with E-state index in [-0.39, 0.29) is 22.4 Å². The Balaban J connectivity index is 0.00000117. The summed E-state index contributed by atoms with van der Waals surface area (Å²) >= 11 is 0. The molecule has 1 aromatic carbocycles. The molecule has 1 aliphatic rings. The smallest absolute Gasteiger partial charge is 0.269 e. The van der Waals surface area contributed by atoms with E-state index >= 15 is 0 Å². The average Bonchev–Trinajstić information content (AvgIpc) is 3.26. The third kappa shape index (κ3) is 4.31. The number of H-pyrrole nitrogens is 1. The zero-order valence-corrected chi connectivity index (χ0v) is 15.8. The minimum atomic E-state index is -0.372. The van der Waals surface area contributed by atoms with Crippen LogP contribution in [0.4, 0.5) is 11.6 Å². The van der Waals surface area contributed by atoms with Crippen molar-refractivity contribution in [2.24, 2.45) is 11.8 Å². The number of anilines is 1. The zero-order valence-electron chi connectivity index (χ0n) is 15.8. The number of nitrogens with two attached hydrogens (primary N) is 1. The van der Waals surface area contributed by atoms with Crippen LogP contribution >= 0.6 is 0 Å². The van der Waals surface area contributed by atoms with Crippen molar-refractivity contribution >= 4 is 11.6 Å². The van der Waals surface area contributed by atoms with Gasteiger partial charge in [-0.1, -0.05) is 52.0 Å². The van der Waals surface area contributed by atoms with Crippen molar-refractivity contribution in [2.45, 2.75) is 46.0 Å². The van der Waals surface area contributed by atoms with E-state index in [1.165, 1.54) is 0 Å². The molecule has 26 heavy (non-hydrogen) atoms. The summed E-state index contributed by atoms with van der Waals surface area (Å²) in [6.07, 6.45) is 7.41. The molecule has 0 aliphatic heterocycles. The van der Waals surface area contributed by atoms with Crippen LogP contribution in [-0.2, 0) is 0 Å². The highest BCUT2D eigenvalue weighted by atomic mass is 16.6. The Bertz CT molecular complexity index is 751. The number of non-ortho nitro benzene ring substituents is 1. The standard InChI is InChI=1S/C18H22N4O2.C2H6/c1-11-3-4-14(9-11)17(16-10-20-18(19)21-16)12(2)13-5-7-15(8-6-13)22(23)24;1-2/h3-8,10-12,14,17H,9H2,1-2H3,(H3,19,20,21);1-2H3. The second-order valence-corrected chi connectivity index (χ2v) is 6.65. The Labute approximate surface area is 154 Å². The number of allylic oxidation sites excluding steroid dienone is 2. The number of nitro benzene ring substituents is 1. The second-order valence-electron chi connectivity index (χ2n) is 6.65. The highest BCUT2D eigenvalue weighted by Gasteiger charge is 2.32. The Morgan fingerprint density at radius 2 is 1.92 bits per heavy atom. The van der Waals surface area contributed by atoms with E-state index in [2.05, 4.69) is 36.0 Å². The molecule has 0 saturated carbocycles. The SMILES string of the molecule is CC.CC1C=CC(C(c2cnc(N)[nH]2)C(C)c2ccc([N+](=O)[O-])cc2)C1. The summed E-state index contributed by atoms with van der Waals surface area (Å²) in [5, 5.41) is 10.9. The van der Waals surface area contributed by atoms with Gasteiger partial charge in [-0.3, -0.25) is 10.1 Å². The van der Waals surface area contributed by atoms with Crippen molar-refractivity contribution in [1.29, 1.82) is 0 Å². The van der Waals surface area contributed by atoms with Gasteiger partial charge in [0, 0.05) is 23.7 Å². The van der Waals surface area contributed by atoms with Crippen molar-refractivity contribution in [1.82, 2.24) is 9.97 Å². The quantitative estimate of drug-likeness (QED) is 0.446. The fourth-order valence-corrected chi connectivity index (χ4v) is 3.68. The number of imidazole rings is 1. The van der Waals surface area contributed by atoms with Crippen LogP contribution in [0, 0.1) is 22.0 Å². The molecular formula is C20H28N4O2. The van der Waals surface area contributed by atoms with E-state index in [1.807, 2.05) is 26.0 Å². The summed E-state index contributed by atoms with van der Waals surface area (Å²) in [6.45, 7) is 8.37. The average molecular weight is 356 g/mol. The molecule has 0 spiro atoms. The van der Waals surface area contributed by atoms with E-state index in [9.17, 15) is 10.1 Å². The van der Waals surface area contributed by atoms with E-state index < -0.39 is 0 Å². The van der Waals surface area contributed by atoms with Gasteiger partial charge in [0.1, 0.15) is 0 Å². The van der Waals surface area contributed by atoms with Crippen LogP contribution in [0.1, 0.15) is 57.2 Å². The van der Waals surface area contributed by atoms with E-state index in [0.717, 1.165) is 17.7 Å². The van der Waals surface area contributed by atoms with Gasteiger partial charge >= 0.3 is 0 Å². The first-order chi connectivity index (χ1) is 12.5. The number of hydrogen-bond donors (Lipinski definition) is 2.